The Morgan fingerprint density at radius 2 is 1.95 bits per heavy atom. The second-order valence-electron chi connectivity index (χ2n) is 4.42. The topological polar surface area (TPSA) is 86.3 Å². The predicted molar refractivity (Wildman–Crippen MR) is 72.9 cm³/mol. The molecule has 2 aromatic carbocycles. The Kier molecular flexibility index (Phi) is 2.83. The fraction of sp³-hybridized carbons (Fsp3) is 0.143. The molecule has 0 amide bonds. The lowest BCUT2D eigenvalue weighted by Crippen LogP contribution is -2.01. The molecule has 1 atom stereocenters. The summed E-state index contributed by atoms with van der Waals surface area (Å²) in [4.78, 5) is 6.23. The molecule has 0 saturated heterocycles. The third-order valence-corrected chi connectivity index (χ3v) is 3.24. The third kappa shape index (κ3) is 2.01. The van der Waals surface area contributed by atoms with E-state index < -0.39 is 6.10 Å². The van der Waals surface area contributed by atoms with Crippen molar-refractivity contribution >= 4 is 21.8 Å². The van der Waals surface area contributed by atoms with E-state index in [2.05, 4.69) is 21.1 Å². The molecule has 1 unspecified atom stereocenters. The van der Waals surface area contributed by atoms with Crippen LogP contribution in [0, 0.1) is 5.53 Å². The van der Waals surface area contributed by atoms with Gasteiger partial charge < -0.3 is 10.1 Å². The van der Waals surface area contributed by atoms with Crippen LogP contribution in [0.3, 0.4) is 0 Å². The van der Waals surface area contributed by atoms with Gasteiger partial charge in [0.2, 0.25) is 4.91 Å². The summed E-state index contributed by atoms with van der Waals surface area (Å²) >= 11 is 0. The van der Waals surface area contributed by atoms with Gasteiger partial charge in [-0.05, 0) is 17.7 Å². The van der Waals surface area contributed by atoms with E-state index in [1.807, 2.05) is 36.4 Å². The molecule has 1 aromatic heterocycles. The van der Waals surface area contributed by atoms with Crippen LogP contribution in [-0.2, 0) is 0 Å². The lowest BCUT2D eigenvalue weighted by Gasteiger charge is -2.05. The Balaban J connectivity index is 2.10. The number of nitrogens with one attached hydrogen (secondary N) is 2. The van der Waals surface area contributed by atoms with Gasteiger partial charge in [0.15, 0.2) is 6.54 Å². The van der Waals surface area contributed by atoms with Gasteiger partial charge >= 0.3 is 0 Å². The molecule has 1 heterocycles. The number of rotatable bonds is 3. The van der Waals surface area contributed by atoms with Crippen molar-refractivity contribution in [2.75, 3.05) is 6.54 Å². The minimum atomic E-state index is -0.732. The summed E-state index contributed by atoms with van der Waals surface area (Å²) < 4.78 is 0. The van der Waals surface area contributed by atoms with Crippen molar-refractivity contribution in [3.05, 3.63) is 48.0 Å². The van der Waals surface area contributed by atoms with Gasteiger partial charge in [-0.3, -0.25) is 0 Å². The van der Waals surface area contributed by atoms with Crippen LogP contribution >= 0.6 is 0 Å². The van der Waals surface area contributed by atoms with Gasteiger partial charge in [-0.25, -0.2) is 0 Å². The van der Waals surface area contributed by atoms with Crippen LogP contribution < -0.4 is 4.91 Å². The van der Waals surface area contributed by atoms with E-state index in [0.717, 1.165) is 22.0 Å². The number of aliphatic hydroxyl groups excluding tert-OH is 1. The van der Waals surface area contributed by atoms with Gasteiger partial charge in [-0.2, -0.15) is 0 Å². The van der Waals surface area contributed by atoms with E-state index in [0.29, 0.717) is 0 Å². The van der Waals surface area contributed by atoms with Crippen molar-refractivity contribution in [1.29, 1.82) is 5.53 Å². The quantitative estimate of drug-likeness (QED) is 0.486. The number of aromatic nitrogens is 1. The zero-order valence-corrected chi connectivity index (χ0v) is 10.2. The maximum absolute atomic E-state index is 9.93. The van der Waals surface area contributed by atoms with Crippen molar-refractivity contribution in [3.63, 3.8) is 0 Å². The zero-order valence-electron chi connectivity index (χ0n) is 10.2. The van der Waals surface area contributed by atoms with Crippen molar-refractivity contribution in [2.45, 2.75) is 6.10 Å². The molecule has 3 N–H and O–H groups in total. The maximum atomic E-state index is 9.93. The van der Waals surface area contributed by atoms with Gasteiger partial charge in [-0.1, -0.05) is 30.3 Å². The second-order valence-corrected chi connectivity index (χ2v) is 4.42. The molecule has 3 aromatic rings. The molecule has 0 spiro atoms. The summed E-state index contributed by atoms with van der Waals surface area (Å²) in [6.07, 6.45) is -0.732. The summed E-state index contributed by atoms with van der Waals surface area (Å²) in [6, 6.07) is 13.9. The van der Waals surface area contributed by atoms with Crippen LogP contribution in [0.4, 0.5) is 0 Å². The van der Waals surface area contributed by atoms with E-state index in [1.165, 1.54) is 5.39 Å². The number of aromatic amines is 1. The fourth-order valence-electron chi connectivity index (χ4n) is 2.30. The largest absolute Gasteiger partial charge is 0.386 e. The second kappa shape index (κ2) is 4.65. The molecular formula is C14H13N4O+. The lowest BCUT2D eigenvalue weighted by atomic mass is 10.1. The van der Waals surface area contributed by atoms with Crippen LogP contribution in [0.15, 0.2) is 47.6 Å². The minimum Gasteiger partial charge on any atom is -0.386 e. The van der Waals surface area contributed by atoms with E-state index in [9.17, 15) is 5.11 Å². The van der Waals surface area contributed by atoms with E-state index >= 15 is 0 Å². The molecule has 0 aliphatic carbocycles. The number of hydrogen-bond donors (Lipinski definition) is 3. The monoisotopic (exact) mass is 253 g/mol. The first kappa shape index (κ1) is 11.6. The van der Waals surface area contributed by atoms with Crippen LogP contribution in [0.1, 0.15) is 11.7 Å². The van der Waals surface area contributed by atoms with Crippen LogP contribution in [0.2, 0.25) is 0 Å². The van der Waals surface area contributed by atoms with Crippen molar-refractivity contribution in [3.8, 4) is 0 Å². The summed E-state index contributed by atoms with van der Waals surface area (Å²) in [5, 5.41) is 15.7. The summed E-state index contributed by atoms with van der Waals surface area (Å²) in [6.45, 7) is 0.106. The zero-order chi connectivity index (χ0) is 13.2. The molecule has 94 valence electrons. The minimum absolute atomic E-state index is 0.106. The number of fused-ring (bicyclic) bond motifs is 3. The Bertz CT molecular complexity index is 786. The molecule has 0 aliphatic heterocycles. The summed E-state index contributed by atoms with van der Waals surface area (Å²) in [7, 11) is 0. The molecular weight excluding hydrogens is 240 g/mol. The van der Waals surface area contributed by atoms with E-state index in [4.69, 9.17) is 5.53 Å². The fourth-order valence-corrected chi connectivity index (χ4v) is 2.30. The number of benzene rings is 2. The average molecular weight is 253 g/mol. The first-order valence-electron chi connectivity index (χ1n) is 6.01. The average Bonchev–Trinajstić information content (AvgIpc) is 2.82. The van der Waals surface area contributed by atoms with Crippen molar-refractivity contribution < 1.29 is 5.11 Å². The first-order chi connectivity index (χ1) is 9.29. The van der Waals surface area contributed by atoms with Crippen LogP contribution in [0.25, 0.3) is 21.8 Å². The molecule has 5 heteroatoms. The first-order valence-corrected chi connectivity index (χ1v) is 6.01. The number of aliphatic hydroxyl groups is 1. The molecule has 0 aliphatic rings. The van der Waals surface area contributed by atoms with Gasteiger partial charge in [0.25, 0.3) is 0 Å². The highest BCUT2D eigenvalue weighted by Crippen LogP contribution is 2.27. The van der Waals surface area contributed by atoms with Gasteiger partial charge in [-0.15, -0.1) is 0 Å². The molecule has 5 nitrogen and oxygen atoms in total. The van der Waals surface area contributed by atoms with Gasteiger partial charge in [0.1, 0.15) is 16.7 Å². The molecule has 0 saturated carbocycles. The molecule has 0 bridgehead atoms. The summed E-state index contributed by atoms with van der Waals surface area (Å²) in [5.74, 6) is 0. The lowest BCUT2D eigenvalue weighted by molar-refractivity contribution is 0.185. The van der Waals surface area contributed by atoms with Crippen molar-refractivity contribution in [2.24, 2.45) is 5.11 Å². The molecule has 19 heavy (non-hydrogen) atoms. The number of para-hydroxylation sites is 1. The van der Waals surface area contributed by atoms with Crippen LogP contribution in [0.5, 0.6) is 0 Å². The molecule has 0 fully saturated rings. The Morgan fingerprint density at radius 1 is 1.16 bits per heavy atom. The van der Waals surface area contributed by atoms with Gasteiger partial charge in [0.05, 0.1) is 0 Å². The smallest absolute Gasteiger partial charge is 0.214 e. The SMILES string of the molecule is N=[N+]=NCC(O)c1ccc2c(c1)[nH]c1ccccc12. The number of hydrogen-bond acceptors (Lipinski definition) is 3. The molecule has 0 radical (unpaired) electrons. The van der Waals surface area contributed by atoms with E-state index in [-0.39, 0.29) is 6.54 Å². The molecule has 3 rings (SSSR count). The van der Waals surface area contributed by atoms with Gasteiger partial charge in [0, 0.05) is 21.8 Å². The third-order valence-electron chi connectivity index (χ3n) is 3.24. The Morgan fingerprint density at radius 3 is 2.79 bits per heavy atom. The van der Waals surface area contributed by atoms with Crippen molar-refractivity contribution in [1.82, 2.24) is 9.90 Å². The van der Waals surface area contributed by atoms with E-state index in [1.54, 1.807) is 0 Å². The number of H-pyrrole nitrogens is 1. The summed E-state index contributed by atoms with van der Waals surface area (Å²) in [5.41, 5.74) is 9.44. The Hall–Kier alpha value is -2.49. The normalized spacial score (nSPS) is 12.5. The standard InChI is InChI=1S/C14H13N4O/c15-18-16-8-14(19)9-5-6-11-10-3-1-2-4-12(10)17-13(11)7-9/h1-7,14-15,17,19H,8H2/q+1. The highest BCUT2D eigenvalue weighted by Gasteiger charge is 2.11. The predicted octanol–water partition coefficient (Wildman–Crippen LogP) is 2.90. The highest BCUT2D eigenvalue weighted by atomic mass is 16.3. The number of nitrogens with zero attached hydrogens (tertiary/aromatic N) is 2. The highest BCUT2D eigenvalue weighted by molar-refractivity contribution is 6.07. The Labute approximate surface area is 109 Å². The van der Waals surface area contributed by atoms with Crippen LogP contribution in [-0.4, -0.2) is 16.6 Å². The maximum Gasteiger partial charge on any atom is 0.214 e.